The molecule has 0 aliphatic rings. The minimum Gasteiger partial charge on any atom is -0.343 e. The molecule has 1 aromatic rings. The molecule has 0 aliphatic carbocycles. The van der Waals surface area contributed by atoms with Gasteiger partial charge >= 0.3 is 0 Å². The van der Waals surface area contributed by atoms with Crippen LogP contribution in [0.25, 0.3) is 0 Å². The van der Waals surface area contributed by atoms with Gasteiger partial charge in [-0.05, 0) is 36.8 Å². The highest BCUT2D eigenvalue weighted by Gasteiger charge is 2.21. The first-order valence-electron chi connectivity index (χ1n) is 9.48. The zero-order valence-electron chi connectivity index (χ0n) is 16.8. The molecule has 4 nitrogen and oxygen atoms in total. The number of aryl methyl sites for hydroxylation is 1. The standard InChI is InChI=1S/C21H34N2O2/c1-7-13-22(14-8-2)20(25)12-15-23(18(6)24)21-17(5)10-9-11-19(21)16(3)4/h9-11,16H,7-8,12-15H2,1-6H3. The average Bonchev–Trinajstić information content (AvgIpc) is 2.55. The van der Waals surface area contributed by atoms with Crippen molar-refractivity contribution in [3.8, 4) is 0 Å². The monoisotopic (exact) mass is 346 g/mol. The number of carbonyl (C=O) groups is 2. The minimum atomic E-state index is -0.0125. The van der Waals surface area contributed by atoms with Crippen LogP contribution in [-0.4, -0.2) is 36.3 Å². The van der Waals surface area contributed by atoms with Crippen molar-refractivity contribution in [2.75, 3.05) is 24.5 Å². The van der Waals surface area contributed by atoms with Crippen LogP contribution in [0, 0.1) is 6.92 Å². The molecule has 0 aromatic heterocycles. The molecule has 0 atom stereocenters. The molecule has 0 fully saturated rings. The molecule has 4 heteroatoms. The molecular formula is C21H34N2O2. The maximum Gasteiger partial charge on any atom is 0.224 e. The number of hydrogen-bond acceptors (Lipinski definition) is 2. The van der Waals surface area contributed by atoms with Gasteiger partial charge in [0.05, 0.1) is 0 Å². The van der Waals surface area contributed by atoms with Crippen LogP contribution in [0.3, 0.4) is 0 Å². The maximum atomic E-state index is 12.6. The molecule has 0 spiro atoms. The van der Waals surface area contributed by atoms with Gasteiger partial charge in [0.1, 0.15) is 0 Å². The Balaban J connectivity index is 3.00. The summed E-state index contributed by atoms with van der Waals surface area (Å²) in [6, 6.07) is 6.13. The number of nitrogens with zero attached hydrogens (tertiary/aromatic N) is 2. The third-order valence-electron chi connectivity index (χ3n) is 4.43. The van der Waals surface area contributed by atoms with Gasteiger partial charge in [-0.3, -0.25) is 9.59 Å². The predicted octanol–water partition coefficient (Wildman–Crippen LogP) is 4.51. The lowest BCUT2D eigenvalue weighted by molar-refractivity contribution is -0.131. The molecule has 140 valence electrons. The van der Waals surface area contributed by atoms with Gasteiger partial charge in [-0.2, -0.15) is 0 Å². The van der Waals surface area contributed by atoms with E-state index in [4.69, 9.17) is 0 Å². The number of amides is 2. The van der Waals surface area contributed by atoms with Crippen LogP contribution in [-0.2, 0) is 9.59 Å². The average molecular weight is 347 g/mol. The molecule has 2 amide bonds. The van der Waals surface area contributed by atoms with Crippen molar-refractivity contribution >= 4 is 17.5 Å². The molecule has 25 heavy (non-hydrogen) atoms. The number of anilines is 1. The van der Waals surface area contributed by atoms with E-state index in [-0.39, 0.29) is 11.8 Å². The second-order valence-corrected chi connectivity index (χ2v) is 6.97. The molecule has 0 heterocycles. The van der Waals surface area contributed by atoms with Crippen molar-refractivity contribution in [1.29, 1.82) is 0 Å². The maximum absolute atomic E-state index is 12.6. The molecule has 1 rings (SSSR count). The van der Waals surface area contributed by atoms with E-state index in [0.717, 1.165) is 42.7 Å². The number of para-hydroxylation sites is 1. The summed E-state index contributed by atoms with van der Waals surface area (Å²) in [6.45, 7) is 14.0. The Hall–Kier alpha value is -1.84. The summed E-state index contributed by atoms with van der Waals surface area (Å²) in [5.74, 6) is 0.445. The lowest BCUT2D eigenvalue weighted by Crippen LogP contribution is -2.37. The molecule has 0 aliphatic heterocycles. The van der Waals surface area contributed by atoms with Gasteiger partial charge in [0, 0.05) is 38.7 Å². The van der Waals surface area contributed by atoms with E-state index in [2.05, 4.69) is 33.8 Å². The topological polar surface area (TPSA) is 40.6 Å². The van der Waals surface area contributed by atoms with Crippen LogP contribution < -0.4 is 4.90 Å². The Kier molecular flexibility index (Phi) is 8.67. The van der Waals surface area contributed by atoms with Crippen molar-refractivity contribution in [1.82, 2.24) is 4.90 Å². The van der Waals surface area contributed by atoms with E-state index >= 15 is 0 Å². The Labute approximate surface area is 153 Å². The summed E-state index contributed by atoms with van der Waals surface area (Å²) < 4.78 is 0. The van der Waals surface area contributed by atoms with E-state index in [9.17, 15) is 9.59 Å². The Morgan fingerprint density at radius 3 is 2.12 bits per heavy atom. The summed E-state index contributed by atoms with van der Waals surface area (Å²) in [7, 11) is 0. The summed E-state index contributed by atoms with van der Waals surface area (Å²) in [5.41, 5.74) is 3.20. The lowest BCUT2D eigenvalue weighted by Gasteiger charge is -2.28. The Morgan fingerprint density at radius 2 is 1.64 bits per heavy atom. The quantitative estimate of drug-likeness (QED) is 0.660. The molecule has 0 N–H and O–H groups in total. The number of hydrogen-bond donors (Lipinski definition) is 0. The smallest absolute Gasteiger partial charge is 0.224 e. The molecule has 0 bridgehead atoms. The molecule has 0 radical (unpaired) electrons. The third kappa shape index (κ3) is 5.87. The number of carbonyl (C=O) groups excluding carboxylic acids is 2. The van der Waals surface area contributed by atoms with Gasteiger partial charge in [-0.15, -0.1) is 0 Å². The highest BCUT2D eigenvalue weighted by atomic mass is 16.2. The predicted molar refractivity (Wildman–Crippen MR) is 105 cm³/mol. The Morgan fingerprint density at radius 1 is 1.04 bits per heavy atom. The molecule has 1 aromatic carbocycles. The van der Waals surface area contributed by atoms with Gasteiger partial charge in [-0.1, -0.05) is 45.9 Å². The first kappa shape index (κ1) is 21.2. The first-order chi connectivity index (χ1) is 11.8. The normalized spacial score (nSPS) is 10.8. The van der Waals surface area contributed by atoms with Crippen molar-refractivity contribution in [2.45, 2.75) is 66.7 Å². The molecule has 0 saturated heterocycles. The van der Waals surface area contributed by atoms with E-state index in [1.165, 1.54) is 0 Å². The van der Waals surface area contributed by atoms with E-state index in [1.54, 1.807) is 11.8 Å². The Bertz CT molecular complexity index is 575. The van der Waals surface area contributed by atoms with Gasteiger partial charge < -0.3 is 9.80 Å². The van der Waals surface area contributed by atoms with Gasteiger partial charge in [0.2, 0.25) is 11.8 Å². The summed E-state index contributed by atoms with van der Waals surface area (Å²) in [6.07, 6.45) is 2.28. The lowest BCUT2D eigenvalue weighted by atomic mass is 9.97. The van der Waals surface area contributed by atoms with Crippen molar-refractivity contribution in [3.05, 3.63) is 29.3 Å². The highest BCUT2D eigenvalue weighted by molar-refractivity contribution is 5.94. The van der Waals surface area contributed by atoms with Crippen LogP contribution in [0.5, 0.6) is 0 Å². The van der Waals surface area contributed by atoms with E-state index in [1.807, 2.05) is 24.0 Å². The number of benzene rings is 1. The second-order valence-electron chi connectivity index (χ2n) is 6.97. The minimum absolute atomic E-state index is 0.0125. The van der Waals surface area contributed by atoms with E-state index in [0.29, 0.717) is 18.9 Å². The summed E-state index contributed by atoms with van der Waals surface area (Å²) in [5, 5.41) is 0. The summed E-state index contributed by atoms with van der Waals surface area (Å²) in [4.78, 5) is 28.6. The SMILES string of the molecule is CCCN(CCC)C(=O)CCN(C(C)=O)c1c(C)cccc1C(C)C. The van der Waals surface area contributed by atoms with Crippen molar-refractivity contribution < 1.29 is 9.59 Å². The van der Waals surface area contributed by atoms with Crippen molar-refractivity contribution in [2.24, 2.45) is 0 Å². The fraction of sp³-hybridized carbons (Fsp3) is 0.619. The van der Waals surface area contributed by atoms with Crippen molar-refractivity contribution in [3.63, 3.8) is 0 Å². The van der Waals surface area contributed by atoms with Crippen LogP contribution in [0.4, 0.5) is 5.69 Å². The molecular weight excluding hydrogens is 312 g/mol. The highest BCUT2D eigenvalue weighted by Crippen LogP contribution is 2.31. The van der Waals surface area contributed by atoms with Crippen LogP contribution in [0.1, 0.15) is 70.9 Å². The van der Waals surface area contributed by atoms with Crippen LogP contribution >= 0.6 is 0 Å². The van der Waals surface area contributed by atoms with Crippen LogP contribution in [0.15, 0.2) is 18.2 Å². The molecule has 0 unspecified atom stereocenters. The largest absolute Gasteiger partial charge is 0.343 e. The van der Waals surface area contributed by atoms with Gasteiger partial charge in [-0.25, -0.2) is 0 Å². The van der Waals surface area contributed by atoms with Gasteiger partial charge in [0.25, 0.3) is 0 Å². The zero-order valence-corrected chi connectivity index (χ0v) is 16.8. The van der Waals surface area contributed by atoms with E-state index < -0.39 is 0 Å². The number of rotatable bonds is 9. The van der Waals surface area contributed by atoms with Gasteiger partial charge in [0.15, 0.2) is 0 Å². The van der Waals surface area contributed by atoms with Crippen LogP contribution in [0.2, 0.25) is 0 Å². The fourth-order valence-electron chi connectivity index (χ4n) is 3.21. The first-order valence-corrected chi connectivity index (χ1v) is 9.48. The molecule has 0 saturated carbocycles. The third-order valence-corrected chi connectivity index (χ3v) is 4.43. The fourth-order valence-corrected chi connectivity index (χ4v) is 3.21. The zero-order chi connectivity index (χ0) is 19.0. The summed E-state index contributed by atoms with van der Waals surface area (Å²) >= 11 is 0. The second kappa shape index (κ2) is 10.2.